The maximum atomic E-state index is 13.5. The van der Waals surface area contributed by atoms with Gasteiger partial charge in [0.1, 0.15) is 29.3 Å². The number of fused-ring (bicyclic) bond motifs is 1. The number of aliphatic hydroxyl groups is 1. The molecule has 0 radical (unpaired) electrons. The molecule has 1 aliphatic heterocycles. The van der Waals surface area contributed by atoms with E-state index in [9.17, 15) is 18.3 Å². The SMILES string of the molecule is CS(=O)(=O)N1C[C@H](Nc2ncnc3[nH]cc(C(=O)c4ccc(Oc5ccccc5)cc4Cl)c23)C[C@H]1CO. The standard InChI is InChI=1S/C25H24ClN5O5S/c1-37(34,35)31-12-15(9-16(31)13-32)30-25-22-20(11-27-24(22)28-14-29-25)23(33)19-8-7-18(10-21(19)26)36-17-5-3-2-4-6-17/h2-8,10-11,14-16,32H,9,12-13H2,1H3,(H2,27,28,29,30)/t15-,16+/m1/s1. The Morgan fingerprint density at radius 1 is 1.19 bits per heavy atom. The summed E-state index contributed by atoms with van der Waals surface area (Å²) in [5, 5.41) is 13.6. The molecule has 1 aliphatic rings. The van der Waals surface area contributed by atoms with Gasteiger partial charge in [0.15, 0.2) is 5.78 Å². The van der Waals surface area contributed by atoms with Crippen LogP contribution in [-0.2, 0) is 10.0 Å². The van der Waals surface area contributed by atoms with Gasteiger partial charge in [-0.25, -0.2) is 18.4 Å². The summed E-state index contributed by atoms with van der Waals surface area (Å²) >= 11 is 6.48. The summed E-state index contributed by atoms with van der Waals surface area (Å²) in [6.45, 7) is -0.126. The lowest BCUT2D eigenvalue weighted by atomic mass is 10.0. The summed E-state index contributed by atoms with van der Waals surface area (Å²) in [6.07, 6.45) is 4.40. The predicted octanol–water partition coefficient (Wildman–Crippen LogP) is 3.44. The lowest BCUT2D eigenvalue weighted by Crippen LogP contribution is -2.37. The van der Waals surface area contributed by atoms with Crippen molar-refractivity contribution in [1.29, 1.82) is 0 Å². The van der Waals surface area contributed by atoms with Crippen LogP contribution in [0.15, 0.2) is 61.1 Å². The van der Waals surface area contributed by atoms with Crippen molar-refractivity contribution in [3.05, 3.63) is 77.2 Å². The first-order valence-corrected chi connectivity index (χ1v) is 13.7. The molecule has 0 unspecified atom stereocenters. The number of sulfonamides is 1. The number of halogens is 1. The number of nitrogens with one attached hydrogen (secondary N) is 2. The first kappa shape index (κ1) is 25.2. The lowest BCUT2D eigenvalue weighted by Gasteiger charge is -2.19. The zero-order valence-corrected chi connectivity index (χ0v) is 21.3. The average Bonchev–Trinajstić information content (AvgIpc) is 3.49. The van der Waals surface area contributed by atoms with E-state index in [1.807, 2.05) is 30.3 Å². The van der Waals surface area contributed by atoms with Gasteiger partial charge >= 0.3 is 0 Å². The van der Waals surface area contributed by atoms with Crippen molar-refractivity contribution in [2.45, 2.75) is 18.5 Å². The Morgan fingerprint density at radius 2 is 1.97 bits per heavy atom. The van der Waals surface area contributed by atoms with Crippen molar-refractivity contribution in [2.24, 2.45) is 0 Å². The Labute approximate surface area is 218 Å². The van der Waals surface area contributed by atoms with Gasteiger partial charge < -0.3 is 20.1 Å². The molecule has 5 rings (SSSR count). The van der Waals surface area contributed by atoms with E-state index in [2.05, 4.69) is 20.3 Å². The van der Waals surface area contributed by atoms with Crippen LogP contribution in [0, 0.1) is 0 Å². The number of carbonyl (C=O) groups excluding carboxylic acids is 1. The highest BCUT2D eigenvalue weighted by Crippen LogP contribution is 2.32. The number of aliphatic hydroxyl groups excluding tert-OH is 1. The van der Waals surface area contributed by atoms with Gasteiger partial charge in [-0.2, -0.15) is 4.31 Å². The number of hydrogen-bond donors (Lipinski definition) is 3. The zero-order valence-electron chi connectivity index (χ0n) is 19.8. The topological polar surface area (TPSA) is 138 Å². The van der Waals surface area contributed by atoms with Gasteiger partial charge in [-0.1, -0.05) is 29.8 Å². The Bertz CT molecular complexity index is 1560. The van der Waals surface area contributed by atoms with Crippen LogP contribution in [0.2, 0.25) is 5.02 Å². The van der Waals surface area contributed by atoms with Gasteiger partial charge in [0.25, 0.3) is 0 Å². The minimum absolute atomic E-state index is 0.165. The van der Waals surface area contributed by atoms with Crippen LogP contribution in [0.4, 0.5) is 5.82 Å². The first-order chi connectivity index (χ1) is 17.7. The van der Waals surface area contributed by atoms with Gasteiger partial charge in [0, 0.05) is 36.5 Å². The fraction of sp³-hybridized carbons (Fsp3) is 0.240. The fourth-order valence-corrected chi connectivity index (χ4v) is 5.92. The van der Waals surface area contributed by atoms with Gasteiger partial charge in [-0.15, -0.1) is 0 Å². The van der Waals surface area contributed by atoms with Crippen LogP contribution in [0.25, 0.3) is 11.0 Å². The second-order valence-corrected chi connectivity index (χ2v) is 11.1. The third kappa shape index (κ3) is 5.16. The highest BCUT2D eigenvalue weighted by Gasteiger charge is 2.37. The number of anilines is 1. The van der Waals surface area contributed by atoms with Crippen molar-refractivity contribution in [3.8, 4) is 11.5 Å². The van der Waals surface area contributed by atoms with E-state index < -0.39 is 16.1 Å². The van der Waals surface area contributed by atoms with E-state index in [0.717, 1.165) is 6.26 Å². The number of H-pyrrole nitrogens is 1. The van der Waals surface area contributed by atoms with Crippen molar-refractivity contribution < 1.29 is 23.1 Å². The number of benzene rings is 2. The molecule has 2 atom stereocenters. The largest absolute Gasteiger partial charge is 0.457 e. The number of hydrogen-bond acceptors (Lipinski definition) is 8. The van der Waals surface area contributed by atoms with Crippen LogP contribution in [0.3, 0.4) is 0 Å². The second-order valence-electron chi connectivity index (χ2n) is 8.78. The number of aromatic nitrogens is 3. The summed E-state index contributed by atoms with van der Waals surface area (Å²) in [4.78, 5) is 25.1. The van der Waals surface area contributed by atoms with Crippen LogP contribution in [-0.4, -0.2) is 70.1 Å². The Kier molecular flexibility index (Phi) is 6.86. The number of aromatic amines is 1. The number of nitrogens with zero attached hydrogens (tertiary/aromatic N) is 3. The van der Waals surface area contributed by atoms with Crippen LogP contribution < -0.4 is 10.1 Å². The molecular formula is C25H24ClN5O5S. The molecule has 0 aliphatic carbocycles. The molecule has 37 heavy (non-hydrogen) atoms. The molecule has 0 amide bonds. The zero-order chi connectivity index (χ0) is 26.2. The van der Waals surface area contributed by atoms with E-state index >= 15 is 0 Å². The van der Waals surface area contributed by atoms with Gasteiger partial charge in [-0.3, -0.25) is 4.79 Å². The third-order valence-corrected chi connectivity index (χ3v) is 7.83. The molecule has 2 aromatic carbocycles. The highest BCUT2D eigenvalue weighted by molar-refractivity contribution is 7.88. The molecule has 0 bridgehead atoms. The fourth-order valence-electron chi connectivity index (χ4n) is 4.52. The predicted molar refractivity (Wildman–Crippen MR) is 140 cm³/mol. The first-order valence-electron chi connectivity index (χ1n) is 11.5. The molecular weight excluding hydrogens is 518 g/mol. The quantitative estimate of drug-likeness (QED) is 0.288. The minimum atomic E-state index is -3.49. The van der Waals surface area contributed by atoms with Crippen molar-refractivity contribution in [3.63, 3.8) is 0 Å². The van der Waals surface area contributed by atoms with E-state index in [-0.39, 0.29) is 35.6 Å². The summed E-state index contributed by atoms with van der Waals surface area (Å²) < 4.78 is 31.3. The highest BCUT2D eigenvalue weighted by atomic mass is 35.5. The monoisotopic (exact) mass is 541 g/mol. The minimum Gasteiger partial charge on any atom is -0.457 e. The number of rotatable bonds is 8. The average molecular weight is 542 g/mol. The molecule has 3 N–H and O–H groups in total. The van der Waals surface area contributed by atoms with Crippen molar-refractivity contribution >= 4 is 44.3 Å². The second kappa shape index (κ2) is 10.1. The molecule has 1 fully saturated rings. The van der Waals surface area contributed by atoms with Gasteiger partial charge in [0.05, 0.1) is 28.8 Å². The van der Waals surface area contributed by atoms with E-state index in [1.54, 1.807) is 24.4 Å². The molecule has 0 spiro atoms. The van der Waals surface area contributed by atoms with Gasteiger partial charge in [-0.05, 0) is 30.7 Å². The van der Waals surface area contributed by atoms with E-state index in [4.69, 9.17) is 16.3 Å². The maximum absolute atomic E-state index is 13.5. The molecule has 0 saturated carbocycles. The molecule has 1 saturated heterocycles. The van der Waals surface area contributed by atoms with Crippen LogP contribution >= 0.6 is 11.6 Å². The maximum Gasteiger partial charge on any atom is 0.211 e. The van der Waals surface area contributed by atoms with Crippen LogP contribution in [0.5, 0.6) is 11.5 Å². The number of para-hydroxylation sites is 1. The third-order valence-electron chi connectivity index (χ3n) is 6.22. The molecule has 12 heteroatoms. The number of ketones is 1. The summed E-state index contributed by atoms with van der Waals surface area (Å²) in [5.74, 6) is 1.18. The normalized spacial score (nSPS) is 18.2. The lowest BCUT2D eigenvalue weighted by molar-refractivity contribution is 0.104. The number of ether oxygens (including phenoxy) is 1. The Morgan fingerprint density at radius 3 is 2.65 bits per heavy atom. The Hall–Kier alpha value is -3.51. The molecule has 192 valence electrons. The molecule has 3 heterocycles. The summed E-state index contributed by atoms with van der Waals surface area (Å²) in [6, 6.07) is 13.2. The molecule has 2 aromatic heterocycles. The summed E-state index contributed by atoms with van der Waals surface area (Å²) in [7, 11) is -3.49. The molecule has 4 aromatic rings. The van der Waals surface area contributed by atoms with Crippen molar-refractivity contribution in [1.82, 2.24) is 19.3 Å². The van der Waals surface area contributed by atoms with Gasteiger partial charge in [0.2, 0.25) is 10.0 Å². The van der Waals surface area contributed by atoms with E-state index in [1.165, 1.54) is 10.6 Å². The molecule has 10 nitrogen and oxygen atoms in total. The Balaban J connectivity index is 1.42. The van der Waals surface area contributed by atoms with E-state index in [0.29, 0.717) is 40.3 Å². The smallest absolute Gasteiger partial charge is 0.211 e. The van der Waals surface area contributed by atoms with Crippen molar-refractivity contribution in [2.75, 3.05) is 24.7 Å². The van der Waals surface area contributed by atoms with Crippen LogP contribution in [0.1, 0.15) is 22.3 Å². The summed E-state index contributed by atoms with van der Waals surface area (Å²) in [5.41, 5.74) is 1.04. The number of carbonyl (C=O) groups is 1.